The number of amides is 1. The summed E-state index contributed by atoms with van der Waals surface area (Å²) in [6, 6.07) is -0.0278. The molecule has 0 bridgehead atoms. The van der Waals surface area contributed by atoms with E-state index in [-0.39, 0.29) is 24.4 Å². The molecular weight excluding hydrogens is 254 g/mol. The van der Waals surface area contributed by atoms with Gasteiger partial charge < -0.3 is 10.6 Å². The summed E-state index contributed by atoms with van der Waals surface area (Å²) in [5.74, 6) is -0.865. The molecule has 0 unspecified atom stereocenters. The van der Waals surface area contributed by atoms with Crippen LogP contribution in [0, 0.1) is 0 Å². The highest BCUT2D eigenvalue weighted by molar-refractivity contribution is 7.90. The van der Waals surface area contributed by atoms with Crippen LogP contribution in [0.25, 0.3) is 0 Å². The molecular formula is C8H18ClN3O3S. The van der Waals surface area contributed by atoms with Gasteiger partial charge in [-0.2, -0.15) is 0 Å². The number of rotatable bonds is 3. The third kappa shape index (κ3) is 4.65. The van der Waals surface area contributed by atoms with E-state index < -0.39 is 15.8 Å². The number of nitrogens with zero attached hydrogens (tertiary/aromatic N) is 1. The van der Waals surface area contributed by atoms with E-state index in [0.29, 0.717) is 13.1 Å². The Morgan fingerprint density at radius 2 is 2.19 bits per heavy atom. The van der Waals surface area contributed by atoms with E-state index in [1.54, 1.807) is 0 Å². The Kier molecular flexibility index (Phi) is 6.24. The van der Waals surface area contributed by atoms with E-state index in [1.807, 2.05) is 0 Å². The summed E-state index contributed by atoms with van der Waals surface area (Å²) >= 11 is 0. The minimum absolute atomic E-state index is 0. The Labute approximate surface area is 102 Å². The van der Waals surface area contributed by atoms with Crippen LogP contribution in [0.1, 0.15) is 12.8 Å². The van der Waals surface area contributed by atoms with Gasteiger partial charge in [-0.3, -0.25) is 4.79 Å². The number of hydrogen-bond donors (Lipinski definition) is 2. The van der Waals surface area contributed by atoms with E-state index in [1.165, 1.54) is 11.9 Å². The summed E-state index contributed by atoms with van der Waals surface area (Å²) in [6.45, 7) is 1.06. The van der Waals surface area contributed by atoms with Crippen molar-refractivity contribution in [1.29, 1.82) is 0 Å². The van der Waals surface area contributed by atoms with Gasteiger partial charge in [-0.15, -0.1) is 12.4 Å². The molecule has 1 saturated heterocycles. The van der Waals surface area contributed by atoms with Gasteiger partial charge in [0.05, 0.1) is 0 Å². The fourth-order valence-corrected chi connectivity index (χ4v) is 2.21. The van der Waals surface area contributed by atoms with Crippen LogP contribution >= 0.6 is 12.4 Å². The van der Waals surface area contributed by atoms with Crippen molar-refractivity contribution in [2.45, 2.75) is 18.9 Å². The maximum absolute atomic E-state index is 11.6. The minimum Gasteiger partial charge on any atom is -0.340 e. The summed E-state index contributed by atoms with van der Waals surface area (Å²) in [7, 11) is -2.17. The van der Waals surface area contributed by atoms with E-state index in [9.17, 15) is 13.2 Å². The van der Waals surface area contributed by atoms with Gasteiger partial charge in [-0.25, -0.2) is 13.1 Å². The number of halogens is 1. The molecule has 16 heavy (non-hydrogen) atoms. The van der Waals surface area contributed by atoms with Gasteiger partial charge in [0.1, 0.15) is 5.75 Å². The van der Waals surface area contributed by atoms with Gasteiger partial charge in [-0.05, 0) is 19.9 Å². The molecule has 8 heteroatoms. The number of likely N-dealkylation sites (tertiary alicyclic amines) is 1. The predicted octanol–water partition coefficient (Wildman–Crippen LogP) is -1.09. The van der Waals surface area contributed by atoms with Gasteiger partial charge in [0.25, 0.3) is 0 Å². The molecule has 1 amide bonds. The highest BCUT2D eigenvalue weighted by atomic mass is 35.5. The molecule has 96 valence electrons. The van der Waals surface area contributed by atoms with E-state index in [4.69, 9.17) is 5.73 Å². The first-order valence-electron chi connectivity index (χ1n) is 4.89. The van der Waals surface area contributed by atoms with Crippen molar-refractivity contribution in [3.05, 3.63) is 0 Å². The smallest absolute Gasteiger partial charge is 0.239 e. The number of piperidine rings is 1. The quantitative estimate of drug-likeness (QED) is 0.682. The highest BCUT2D eigenvalue weighted by Gasteiger charge is 2.24. The molecule has 0 saturated carbocycles. The van der Waals surface area contributed by atoms with Crippen LogP contribution < -0.4 is 10.5 Å². The Morgan fingerprint density at radius 1 is 1.56 bits per heavy atom. The lowest BCUT2D eigenvalue weighted by Gasteiger charge is -2.30. The molecule has 1 aliphatic rings. The standard InChI is InChI=1S/C8H17N3O3S.ClH/c1-10-15(13,14)6-8(12)11-4-2-3-7(9)5-11;/h7,10H,2-6,9H2,1H3;1H/t7-;/m1./s1. The monoisotopic (exact) mass is 271 g/mol. The van der Waals surface area contributed by atoms with Crippen LogP contribution in [-0.4, -0.2) is 51.2 Å². The lowest BCUT2D eigenvalue weighted by Crippen LogP contribution is -2.48. The molecule has 0 radical (unpaired) electrons. The summed E-state index contributed by atoms with van der Waals surface area (Å²) in [4.78, 5) is 13.1. The zero-order chi connectivity index (χ0) is 11.5. The largest absolute Gasteiger partial charge is 0.340 e. The summed E-state index contributed by atoms with van der Waals surface area (Å²) in [5.41, 5.74) is 5.70. The van der Waals surface area contributed by atoms with Crippen LogP contribution in [0.5, 0.6) is 0 Å². The fourth-order valence-electron chi connectivity index (χ4n) is 1.56. The Balaban J connectivity index is 0.00000225. The van der Waals surface area contributed by atoms with Gasteiger partial charge >= 0.3 is 0 Å². The minimum atomic E-state index is -3.47. The zero-order valence-electron chi connectivity index (χ0n) is 9.18. The predicted molar refractivity (Wildman–Crippen MR) is 63.9 cm³/mol. The Bertz CT molecular complexity index is 333. The molecule has 0 aromatic carbocycles. The molecule has 1 atom stereocenters. The molecule has 1 fully saturated rings. The Morgan fingerprint density at radius 3 is 2.69 bits per heavy atom. The number of nitrogens with one attached hydrogen (secondary N) is 1. The van der Waals surface area contributed by atoms with Crippen molar-refractivity contribution in [3.63, 3.8) is 0 Å². The van der Waals surface area contributed by atoms with Crippen molar-refractivity contribution >= 4 is 28.3 Å². The van der Waals surface area contributed by atoms with E-state index in [0.717, 1.165) is 12.8 Å². The molecule has 1 aliphatic heterocycles. The summed E-state index contributed by atoms with van der Waals surface area (Å²) in [6.07, 6.45) is 1.73. The van der Waals surface area contributed by atoms with Crippen LogP contribution in [0.15, 0.2) is 0 Å². The lowest BCUT2D eigenvalue weighted by atomic mass is 10.1. The SMILES string of the molecule is CNS(=O)(=O)CC(=O)N1CCC[C@@H](N)C1.Cl. The zero-order valence-corrected chi connectivity index (χ0v) is 10.8. The average Bonchev–Trinajstić information content (AvgIpc) is 2.17. The van der Waals surface area contributed by atoms with Crippen molar-refractivity contribution in [1.82, 2.24) is 9.62 Å². The van der Waals surface area contributed by atoms with Gasteiger partial charge in [0, 0.05) is 19.1 Å². The van der Waals surface area contributed by atoms with Gasteiger partial charge in [0.2, 0.25) is 15.9 Å². The van der Waals surface area contributed by atoms with Gasteiger partial charge in [0.15, 0.2) is 0 Å². The van der Waals surface area contributed by atoms with Crippen molar-refractivity contribution in [2.24, 2.45) is 5.73 Å². The molecule has 1 rings (SSSR count). The van der Waals surface area contributed by atoms with Crippen molar-refractivity contribution in [2.75, 3.05) is 25.9 Å². The topological polar surface area (TPSA) is 92.5 Å². The average molecular weight is 272 g/mol. The molecule has 0 spiro atoms. The molecule has 0 aromatic rings. The lowest BCUT2D eigenvalue weighted by molar-refractivity contribution is -0.129. The van der Waals surface area contributed by atoms with E-state index >= 15 is 0 Å². The second-order valence-electron chi connectivity index (χ2n) is 3.71. The summed E-state index contributed by atoms with van der Waals surface area (Å²) in [5, 5.41) is 0. The summed E-state index contributed by atoms with van der Waals surface area (Å²) < 4.78 is 24.4. The van der Waals surface area contributed by atoms with Crippen molar-refractivity contribution < 1.29 is 13.2 Å². The van der Waals surface area contributed by atoms with Crippen LogP contribution in [0.2, 0.25) is 0 Å². The molecule has 6 nitrogen and oxygen atoms in total. The third-order valence-electron chi connectivity index (χ3n) is 2.44. The molecule has 0 aliphatic carbocycles. The number of nitrogens with two attached hydrogens (primary N) is 1. The second kappa shape index (κ2) is 6.39. The first kappa shape index (κ1) is 15.6. The maximum Gasteiger partial charge on any atom is 0.239 e. The maximum atomic E-state index is 11.6. The van der Waals surface area contributed by atoms with Crippen LogP contribution in [0.4, 0.5) is 0 Å². The van der Waals surface area contributed by atoms with E-state index in [2.05, 4.69) is 4.72 Å². The first-order valence-corrected chi connectivity index (χ1v) is 6.54. The molecule has 3 N–H and O–H groups in total. The third-order valence-corrected chi connectivity index (χ3v) is 3.68. The highest BCUT2D eigenvalue weighted by Crippen LogP contribution is 2.08. The number of hydrogen-bond acceptors (Lipinski definition) is 4. The second-order valence-corrected chi connectivity index (χ2v) is 5.63. The number of sulfonamides is 1. The first-order chi connectivity index (χ1) is 6.94. The number of carbonyl (C=O) groups excluding carboxylic acids is 1. The van der Waals surface area contributed by atoms with Crippen LogP contribution in [-0.2, 0) is 14.8 Å². The molecule has 1 heterocycles. The normalized spacial score (nSPS) is 21.4. The van der Waals surface area contributed by atoms with Crippen LogP contribution in [0.3, 0.4) is 0 Å². The van der Waals surface area contributed by atoms with Crippen molar-refractivity contribution in [3.8, 4) is 0 Å². The van der Waals surface area contributed by atoms with Gasteiger partial charge in [-0.1, -0.05) is 0 Å². The number of carbonyl (C=O) groups is 1. The fraction of sp³-hybridized carbons (Fsp3) is 0.875. The Hall–Kier alpha value is -0.370. The molecule has 0 aromatic heterocycles.